The average Bonchev–Trinajstić information content (AvgIpc) is 1.77. The standard InChI is InChI=1S/C78H152O17P2/c1-7-10-12-14-16-18-20-22-23-24-25-26-27-28-30-34-39-43-51-57-63-77(82)94-73(66-88-75(80)60-54-48-41-37-35-31-32-36-40-46-52-58-70(4)5)68-92-96(84,85)90-64-72(79)65-91-97(86,87)93-69-74(67-89-76(81)61-55-49-45-44-47-53-59-71(6)9-3)95-78(83)62-56-50-42-38-33-29-21-19-17-15-13-11-8-2/h70-74,79H,7-69H2,1-6H3,(H,84,85)(H,86,87)/t71?,72-,73-,74-/m1/s1. The highest BCUT2D eigenvalue weighted by Gasteiger charge is 2.30. The van der Waals surface area contributed by atoms with Crippen molar-refractivity contribution in [1.29, 1.82) is 0 Å². The number of carbonyl (C=O) groups excluding carboxylic acids is 4. The number of aliphatic hydroxyl groups excluding tert-OH is 1. The minimum absolute atomic E-state index is 0.107. The maximum atomic E-state index is 13.1. The quantitative estimate of drug-likeness (QED) is 0.0222. The monoisotopic (exact) mass is 1420 g/mol. The molecule has 0 aromatic heterocycles. The van der Waals surface area contributed by atoms with Gasteiger partial charge in [0.1, 0.15) is 19.3 Å². The van der Waals surface area contributed by atoms with Crippen molar-refractivity contribution in [2.24, 2.45) is 11.8 Å². The molecule has 0 saturated carbocycles. The number of hydrogen-bond acceptors (Lipinski definition) is 15. The Bertz CT molecular complexity index is 1870. The molecule has 0 saturated heterocycles. The Morgan fingerprint density at radius 3 is 0.784 bits per heavy atom. The van der Waals surface area contributed by atoms with Crippen molar-refractivity contribution >= 4 is 39.5 Å². The molecule has 576 valence electrons. The second kappa shape index (κ2) is 69.8. The predicted molar refractivity (Wildman–Crippen MR) is 395 cm³/mol. The van der Waals surface area contributed by atoms with Gasteiger partial charge < -0.3 is 33.8 Å². The zero-order chi connectivity index (χ0) is 71.4. The van der Waals surface area contributed by atoms with Crippen LogP contribution in [-0.2, 0) is 65.4 Å². The van der Waals surface area contributed by atoms with Crippen molar-refractivity contribution in [3.05, 3.63) is 0 Å². The molecular weight excluding hydrogens is 1270 g/mol. The zero-order valence-electron chi connectivity index (χ0n) is 63.4. The van der Waals surface area contributed by atoms with Crippen molar-refractivity contribution in [1.82, 2.24) is 0 Å². The number of aliphatic hydroxyl groups is 1. The number of phosphoric ester groups is 2. The largest absolute Gasteiger partial charge is 0.472 e. The lowest BCUT2D eigenvalue weighted by atomic mass is 10.00. The summed E-state index contributed by atoms with van der Waals surface area (Å²) in [5.74, 6) is -0.611. The Balaban J connectivity index is 5.23. The maximum absolute atomic E-state index is 13.1. The fourth-order valence-corrected chi connectivity index (χ4v) is 13.6. The molecule has 0 spiro atoms. The summed E-state index contributed by atoms with van der Waals surface area (Å²) in [4.78, 5) is 72.9. The van der Waals surface area contributed by atoms with Gasteiger partial charge in [0.2, 0.25) is 0 Å². The molecule has 0 aromatic carbocycles. The summed E-state index contributed by atoms with van der Waals surface area (Å²) >= 11 is 0. The van der Waals surface area contributed by atoms with Gasteiger partial charge in [-0.05, 0) is 37.5 Å². The highest BCUT2D eigenvalue weighted by Crippen LogP contribution is 2.45. The third kappa shape index (κ3) is 70.9. The van der Waals surface area contributed by atoms with E-state index in [1.54, 1.807) is 0 Å². The van der Waals surface area contributed by atoms with E-state index in [4.69, 9.17) is 37.0 Å². The van der Waals surface area contributed by atoms with Gasteiger partial charge in [0.05, 0.1) is 26.4 Å². The zero-order valence-corrected chi connectivity index (χ0v) is 65.2. The molecule has 0 aliphatic heterocycles. The van der Waals surface area contributed by atoms with Gasteiger partial charge in [0, 0.05) is 25.7 Å². The number of hydrogen-bond donors (Lipinski definition) is 3. The summed E-state index contributed by atoms with van der Waals surface area (Å²) in [7, 11) is -9.91. The number of ether oxygens (including phenoxy) is 4. The summed E-state index contributed by atoms with van der Waals surface area (Å²) in [6.45, 7) is 9.58. The summed E-state index contributed by atoms with van der Waals surface area (Å²) in [6.07, 6.45) is 58.3. The van der Waals surface area contributed by atoms with Crippen LogP contribution in [0.4, 0.5) is 0 Å². The molecule has 0 rings (SSSR count). The van der Waals surface area contributed by atoms with Crippen LogP contribution < -0.4 is 0 Å². The second-order valence-corrected chi connectivity index (χ2v) is 31.7. The Morgan fingerprint density at radius 2 is 0.526 bits per heavy atom. The second-order valence-electron chi connectivity index (χ2n) is 28.8. The van der Waals surface area contributed by atoms with Gasteiger partial charge in [-0.1, -0.05) is 356 Å². The first-order valence-electron chi connectivity index (χ1n) is 40.5. The molecule has 3 N–H and O–H groups in total. The van der Waals surface area contributed by atoms with Crippen LogP contribution in [-0.4, -0.2) is 96.7 Å². The van der Waals surface area contributed by atoms with Crippen LogP contribution in [0.25, 0.3) is 0 Å². The molecular formula is C78H152O17P2. The maximum Gasteiger partial charge on any atom is 0.472 e. The van der Waals surface area contributed by atoms with Gasteiger partial charge in [-0.25, -0.2) is 9.13 Å². The van der Waals surface area contributed by atoms with Crippen LogP contribution >= 0.6 is 15.6 Å². The average molecular weight is 1420 g/mol. The fraction of sp³-hybridized carbons (Fsp3) is 0.949. The molecule has 0 aliphatic carbocycles. The van der Waals surface area contributed by atoms with Gasteiger partial charge in [-0.2, -0.15) is 0 Å². The van der Waals surface area contributed by atoms with Gasteiger partial charge >= 0.3 is 39.5 Å². The van der Waals surface area contributed by atoms with Crippen molar-refractivity contribution in [3.8, 4) is 0 Å². The number of esters is 4. The number of rotatable bonds is 77. The number of unbranched alkanes of at least 4 members (excludes halogenated alkanes) is 46. The van der Waals surface area contributed by atoms with Crippen LogP contribution in [0.5, 0.6) is 0 Å². The smallest absolute Gasteiger partial charge is 0.462 e. The van der Waals surface area contributed by atoms with Crippen molar-refractivity contribution in [3.63, 3.8) is 0 Å². The van der Waals surface area contributed by atoms with E-state index in [0.29, 0.717) is 25.7 Å². The molecule has 0 bridgehead atoms. The molecule has 17 nitrogen and oxygen atoms in total. The number of carbonyl (C=O) groups is 4. The summed E-state index contributed by atoms with van der Waals surface area (Å²) in [6, 6.07) is 0. The van der Waals surface area contributed by atoms with Crippen molar-refractivity contribution in [2.75, 3.05) is 39.6 Å². The SMILES string of the molecule is CCCCCCCCCCCCCCCCCCCCCCC(=O)O[C@H](COC(=O)CCCCCCCCCCCCCC(C)C)COP(=O)(O)OC[C@@H](O)COP(=O)(O)OC[C@@H](COC(=O)CCCCCCCCC(C)CC)OC(=O)CCCCCCCCCCCCCCC. The fourth-order valence-electron chi connectivity index (χ4n) is 12.0. The molecule has 0 aromatic rings. The topological polar surface area (TPSA) is 237 Å². The lowest BCUT2D eigenvalue weighted by molar-refractivity contribution is -0.161. The molecule has 3 unspecified atom stereocenters. The molecule has 0 radical (unpaired) electrons. The molecule has 6 atom stereocenters. The van der Waals surface area contributed by atoms with E-state index in [1.807, 2.05) is 0 Å². The van der Waals surface area contributed by atoms with E-state index in [-0.39, 0.29) is 25.7 Å². The van der Waals surface area contributed by atoms with Crippen LogP contribution in [0.2, 0.25) is 0 Å². The predicted octanol–water partition coefficient (Wildman–Crippen LogP) is 23.1. The van der Waals surface area contributed by atoms with Crippen LogP contribution in [0.3, 0.4) is 0 Å². The Labute approximate surface area is 594 Å². The summed E-state index contributed by atoms with van der Waals surface area (Å²) in [5, 5.41) is 10.6. The number of phosphoric acid groups is 2. The third-order valence-corrected chi connectivity index (χ3v) is 20.5. The van der Waals surface area contributed by atoms with Gasteiger partial charge in [-0.3, -0.25) is 37.3 Å². The first-order valence-corrected chi connectivity index (χ1v) is 43.5. The van der Waals surface area contributed by atoms with E-state index in [1.165, 1.54) is 218 Å². The van der Waals surface area contributed by atoms with Crippen LogP contribution in [0.1, 0.15) is 408 Å². The minimum Gasteiger partial charge on any atom is -0.462 e. The first kappa shape index (κ1) is 95.1. The molecule has 0 amide bonds. The molecule has 97 heavy (non-hydrogen) atoms. The Hall–Kier alpha value is -1.94. The van der Waals surface area contributed by atoms with E-state index in [9.17, 15) is 43.2 Å². The molecule has 0 fully saturated rings. The van der Waals surface area contributed by atoms with Gasteiger partial charge in [0.25, 0.3) is 0 Å². The van der Waals surface area contributed by atoms with Crippen LogP contribution in [0.15, 0.2) is 0 Å². The first-order chi connectivity index (χ1) is 46.9. The Morgan fingerprint density at radius 1 is 0.299 bits per heavy atom. The lowest BCUT2D eigenvalue weighted by Gasteiger charge is -2.21. The molecule has 0 aliphatic rings. The van der Waals surface area contributed by atoms with E-state index >= 15 is 0 Å². The van der Waals surface area contributed by atoms with Crippen molar-refractivity contribution in [2.45, 2.75) is 426 Å². The van der Waals surface area contributed by atoms with E-state index < -0.39 is 97.5 Å². The van der Waals surface area contributed by atoms with Crippen molar-refractivity contribution < 1.29 is 80.2 Å². The lowest BCUT2D eigenvalue weighted by Crippen LogP contribution is -2.30. The normalized spacial score (nSPS) is 14.2. The van der Waals surface area contributed by atoms with Gasteiger partial charge in [-0.15, -0.1) is 0 Å². The van der Waals surface area contributed by atoms with E-state index in [0.717, 1.165) is 108 Å². The van der Waals surface area contributed by atoms with Crippen LogP contribution in [0, 0.1) is 11.8 Å². The Kier molecular flexibility index (Phi) is 68.4. The van der Waals surface area contributed by atoms with Gasteiger partial charge in [0.15, 0.2) is 12.2 Å². The minimum atomic E-state index is -4.96. The summed E-state index contributed by atoms with van der Waals surface area (Å²) < 4.78 is 68.6. The molecule has 19 heteroatoms. The third-order valence-electron chi connectivity index (χ3n) is 18.6. The molecule has 0 heterocycles. The summed E-state index contributed by atoms with van der Waals surface area (Å²) in [5.41, 5.74) is 0. The highest BCUT2D eigenvalue weighted by atomic mass is 31.2. The van der Waals surface area contributed by atoms with E-state index in [2.05, 4.69) is 41.5 Å². The highest BCUT2D eigenvalue weighted by molar-refractivity contribution is 7.47.